The Morgan fingerprint density at radius 2 is 2.00 bits per heavy atom. The fraction of sp³-hybridized carbons (Fsp3) is 0.571. The van der Waals surface area contributed by atoms with Gasteiger partial charge in [0.15, 0.2) is 0 Å². The standard InChI is InChI=1S/C14H21NO/c1-11(15)13-5-7-14(8-6-13)16-10-9-12-3-2-4-12/h5-8,11-12H,2-4,9-10,15H2,1H3/t11-/m1/s1. The van der Waals surface area contributed by atoms with E-state index in [9.17, 15) is 0 Å². The van der Waals surface area contributed by atoms with E-state index in [-0.39, 0.29) is 6.04 Å². The number of hydrogen-bond acceptors (Lipinski definition) is 2. The van der Waals surface area contributed by atoms with Crippen LogP contribution in [0.3, 0.4) is 0 Å². The van der Waals surface area contributed by atoms with Crippen molar-refractivity contribution in [3.63, 3.8) is 0 Å². The van der Waals surface area contributed by atoms with Crippen molar-refractivity contribution >= 4 is 0 Å². The zero-order valence-electron chi connectivity index (χ0n) is 9.99. The van der Waals surface area contributed by atoms with Gasteiger partial charge in [-0.15, -0.1) is 0 Å². The van der Waals surface area contributed by atoms with Gasteiger partial charge in [-0.25, -0.2) is 0 Å². The minimum absolute atomic E-state index is 0.101. The zero-order valence-corrected chi connectivity index (χ0v) is 9.99. The lowest BCUT2D eigenvalue weighted by Crippen LogP contribution is -2.14. The van der Waals surface area contributed by atoms with E-state index in [2.05, 4.69) is 0 Å². The van der Waals surface area contributed by atoms with Gasteiger partial charge in [-0.05, 0) is 37.0 Å². The van der Waals surface area contributed by atoms with Crippen molar-refractivity contribution in [2.75, 3.05) is 6.61 Å². The summed E-state index contributed by atoms with van der Waals surface area (Å²) in [7, 11) is 0. The Bertz CT molecular complexity index is 314. The molecule has 1 aliphatic carbocycles. The molecule has 0 spiro atoms. The summed E-state index contributed by atoms with van der Waals surface area (Å²) in [6.07, 6.45) is 5.41. The molecule has 16 heavy (non-hydrogen) atoms. The Labute approximate surface area is 97.8 Å². The van der Waals surface area contributed by atoms with Crippen LogP contribution in [-0.4, -0.2) is 6.61 Å². The van der Waals surface area contributed by atoms with E-state index in [0.717, 1.165) is 23.8 Å². The average molecular weight is 219 g/mol. The van der Waals surface area contributed by atoms with Crippen LogP contribution in [0.5, 0.6) is 5.75 Å². The highest BCUT2D eigenvalue weighted by molar-refractivity contribution is 5.28. The molecular weight excluding hydrogens is 198 g/mol. The first kappa shape index (κ1) is 11.5. The first-order chi connectivity index (χ1) is 7.75. The van der Waals surface area contributed by atoms with Crippen LogP contribution in [0.15, 0.2) is 24.3 Å². The molecule has 1 aliphatic rings. The molecule has 88 valence electrons. The summed E-state index contributed by atoms with van der Waals surface area (Å²) in [5.74, 6) is 1.88. The van der Waals surface area contributed by atoms with Gasteiger partial charge in [-0.3, -0.25) is 0 Å². The van der Waals surface area contributed by atoms with Gasteiger partial charge in [-0.1, -0.05) is 31.4 Å². The monoisotopic (exact) mass is 219 g/mol. The van der Waals surface area contributed by atoms with E-state index in [0.29, 0.717) is 0 Å². The highest BCUT2D eigenvalue weighted by Gasteiger charge is 2.16. The van der Waals surface area contributed by atoms with Crippen molar-refractivity contribution in [2.24, 2.45) is 11.7 Å². The van der Waals surface area contributed by atoms with Crippen molar-refractivity contribution in [3.05, 3.63) is 29.8 Å². The van der Waals surface area contributed by atoms with Gasteiger partial charge < -0.3 is 10.5 Å². The van der Waals surface area contributed by atoms with Crippen LogP contribution in [0.2, 0.25) is 0 Å². The number of rotatable bonds is 5. The molecule has 2 heteroatoms. The summed E-state index contributed by atoms with van der Waals surface area (Å²) in [4.78, 5) is 0. The second-order valence-corrected chi connectivity index (χ2v) is 4.79. The van der Waals surface area contributed by atoms with E-state index < -0.39 is 0 Å². The van der Waals surface area contributed by atoms with E-state index in [4.69, 9.17) is 10.5 Å². The lowest BCUT2D eigenvalue weighted by atomic mass is 9.83. The minimum Gasteiger partial charge on any atom is -0.494 e. The van der Waals surface area contributed by atoms with E-state index in [1.165, 1.54) is 25.7 Å². The van der Waals surface area contributed by atoms with Gasteiger partial charge in [0, 0.05) is 6.04 Å². The van der Waals surface area contributed by atoms with Crippen molar-refractivity contribution in [1.82, 2.24) is 0 Å². The smallest absolute Gasteiger partial charge is 0.119 e. The highest BCUT2D eigenvalue weighted by Crippen LogP contribution is 2.29. The van der Waals surface area contributed by atoms with Crippen LogP contribution in [0.25, 0.3) is 0 Å². The van der Waals surface area contributed by atoms with Gasteiger partial charge in [-0.2, -0.15) is 0 Å². The number of benzene rings is 1. The van der Waals surface area contributed by atoms with Crippen LogP contribution in [0.4, 0.5) is 0 Å². The lowest BCUT2D eigenvalue weighted by Gasteiger charge is -2.25. The molecule has 1 fully saturated rings. The summed E-state index contributed by atoms with van der Waals surface area (Å²) in [5.41, 5.74) is 6.95. The topological polar surface area (TPSA) is 35.2 Å². The molecule has 2 nitrogen and oxygen atoms in total. The molecule has 0 radical (unpaired) electrons. The molecule has 2 N–H and O–H groups in total. The molecular formula is C14H21NO. The van der Waals surface area contributed by atoms with Crippen molar-refractivity contribution in [2.45, 2.75) is 38.6 Å². The SMILES string of the molecule is C[C@@H](N)c1ccc(OCCC2CCC2)cc1. The molecule has 0 amide bonds. The molecule has 1 aromatic rings. The van der Waals surface area contributed by atoms with Gasteiger partial charge in [0.25, 0.3) is 0 Å². The molecule has 1 aromatic carbocycles. The normalized spacial score (nSPS) is 17.9. The van der Waals surface area contributed by atoms with Crippen molar-refractivity contribution in [1.29, 1.82) is 0 Å². The Balaban J connectivity index is 1.75. The summed E-state index contributed by atoms with van der Waals surface area (Å²) >= 11 is 0. The molecule has 0 unspecified atom stereocenters. The maximum absolute atomic E-state index is 5.79. The predicted molar refractivity (Wildman–Crippen MR) is 66.5 cm³/mol. The van der Waals surface area contributed by atoms with Crippen LogP contribution in [-0.2, 0) is 0 Å². The first-order valence-corrected chi connectivity index (χ1v) is 6.24. The Morgan fingerprint density at radius 3 is 2.50 bits per heavy atom. The van der Waals surface area contributed by atoms with Gasteiger partial charge in [0.1, 0.15) is 5.75 Å². The largest absolute Gasteiger partial charge is 0.494 e. The Hall–Kier alpha value is -1.02. The summed E-state index contributed by atoms with van der Waals surface area (Å²) in [6, 6.07) is 8.22. The molecule has 1 saturated carbocycles. The Kier molecular flexibility index (Phi) is 3.83. The lowest BCUT2D eigenvalue weighted by molar-refractivity contribution is 0.222. The first-order valence-electron chi connectivity index (χ1n) is 6.24. The third-order valence-electron chi connectivity index (χ3n) is 3.43. The fourth-order valence-electron chi connectivity index (χ4n) is 1.99. The highest BCUT2D eigenvalue weighted by atomic mass is 16.5. The van der Waals surface area contributed by atoms with Gasteiger partial charge in [0.2, 0.25) is 0 Å². The molecule has 2 rings (SSSR count). The van der Waals surface area contributed by atoms with E-state index in [1.54, 1.807) is 0 Å². The summed E-state index contributed by atoms with van der Waals surface area (Å²) in [6.45, 7) is 2.84. The number of nitrogens with two attached hydrogens (primary N) is 1. The number of ether oxygens (including phenoxy) is 1. The maximum atomic E-state index is 5.79. The van der Waals surface area contributed by atoms with Crippen LogP contribution >= 0.6 is 0 Å². The Morgan fingerprint density at radius 1 is 1.31 bits per heavy atom. The second kappa shape index (κ2) is 5.35. The fourth-order valence-corrected chi connectivity index (χ4v) is 1.99. The second-order valence-electron chi connectivity index (χ2n) is 4.79. The molecule has 1 atom stereocenters. The molecule has 0 heterocycles. The van der Waals surface area contributed by atoms with Crippen LogP contribution < -0.4 is 10.5 Å². The third-order valence-corrected chi connectivity index (χ3v) is 3.43. The number of hydrogen-bond donors (Lipinski definition) is 1. The third kappa shape index (κ3) is 2.99. The van der Waals surface area contributed by atoms with Crippen LogP contribution in [0.1, 0.15) is 44.2 Å². The summed E-state index contributed by atoms with van der Waals surface area (Å²) in [5, 5.41) is 0. The maximum Gasteiger partial charge on any atom is 0.119 e. The van der Waals surface area contributed by atoms with E-state index in [1.807, 2.05) is 31.2 Å². The molecule has 0 bridgehead atoms. The molecule has 0 aliphatic heterocycles. The summed E-state index contributed by atoms with van der Waals surface area (Å²) < 4.78 is 5.71. The van der Waals surface area contributed by atoms with E-state index >= 15 is 0 Å². The zero-order chi connectivity index (χ0) is 11.4. The average Bonchev–Trinajstić information content (AvgIpc) is 2.22. The molecule has 0 saturated heterocycles. The van der Waals surface area contributed by atoms with Crippen LogP contribution in [0, 0.1) is 5.92 Å². The predicted octanol–water partition coefficient (Wildman–Crippen LogP) is 3.28. The minimum atomic E-state index is 0.101. The van der Waals surface area contributed by atoms with Gasteiger partial charge >= 0.3 is 0 Å². The van der Waals surface area contributed by atoms with Crippen molar-refractivity contribution in [3.8, 4) is 5.75 Å². The van der Waals surface area contributed by atoms with Gasteiger partial charge in [0.05, 0.1) is 6.61 Å². The van der Waals surface area contributed by atoms with Crippen molar-refractivity contribution < 1.29 is 4.74 Å². The quantitative estimate of drug-likeness (QED) is 0.824. The molecule has 0 aromatic heterocycles.